The van der Waals surface area contributed by atoms with Crippen LogP contribution >= 0.6 is 11.3 Å². The van der Waals surface area contributed by atoms with Crippen LogP contribution < -0.4 is 0 Å². The van der Waals surface area contributed by atoms with Crippen LogP contribution in [-0.2, 0) is 0 Å². The summed E-state index contributed by atoms with van der Waals surface area (Å²) in [6, 6.07) is 60.6. The highest BCUT2D eigenvalue weighted by atomic mass is 32.1. The zero-order chi connectivity index (χ0) is 34.9. The molecule has 4 heteroatoms. The fraction of sp³-hybridized carbons (Fsp3) is 0. The lowest BCUT2D eigenvalue weighted by Crippen LogP contribution is -1.97. The summed E-state index contributed by atoms with van der Waals surface area (Å²) in [6.07, 6.45) is 1.94. The molecule has 0 radical (unpaired) electrons. The van der Waals surface area contributed by atoms with E-state index < -0.39 is 0 Å². The van der Waals surface area contributed by atoms with E-state index in [0.29, 0.717) is 5.82 Å². The van der Waals surface area contributed by atoms with Crippen molar-refractivity contribution in [1.82, 2.24) is 15.0 Å². The molecule has 0 spiro atoms. The van der Waals surface area contributed by atoms with E-state index in [1.54, 1.807) is 11.3 Å². The molecule has 11 rings (SSSR count). The third-order valence-electron chi connectivity index (χ3n) is 10.5. The minimum Gasteiger partial charge on any atom is -0.255 e. The molecule has 3 nitrogen and oxygen atoms in total. The normalized spacial score (nSPS) is 11.8. The van der Waals surface area contributed by atoms with E-state index in [9.17, 15) is 0 Å². The first kappa shape index (κ1) is 29.9. The maximum atomic E-state index is 5.26. The average molecular weight is 692 g/mol. The Morgan fingerprint density at radius 2 is 1.06 bits per heavy atom. The van der Waals surface area contributed by atoms with Gasteiger partial charge in [0.15, 0.2) is 5.82 Å². The highest BCUT2D eigenvalue weighted by molar-refractivity contribution is 7.26. The molecule has 0 unspecified atom stereocenters. The SMILES string of the molecule is c1ccc(-c2cc(-c3ccccc3)nc(-c3cc(-c4ccc5c(c4)-c4cccc6cccc-5c46)cc(-c4ccnc5c4sc4ccccc45)c3)n2)cc1. The minimum absolute atomic E-state index is 0.688. The van der Waals surface area contributed by atoms with Crippen molar-refractivity contribution in [3.63, 3.8) is 0 Å². The quantitative estimate of drug-likeness (QED) is 0.180. The Morgan fingerprint density at radius 1 is 0.396 bits per heavy atom. The number of rotatable bonds is 5. The molecular formula is C49H29N3S. The number of hydrogen-bond acceptors (Lipinski definition) is 4. The molecule has 1 aliphatic carbocycles. The summed E-state index contributed by atoms with van der Waals surface area (Å²) in [6.45, 7) is 0. The van der Waals surface area contributed by atoms with Gasteiger partial charge < -0.3 is 0 Å². The Labute approximate surface area is 310 Å². The summed E-state index contributed by atoms with van der Waals surface area (Å²) in [4.78, 5) is 15.4. The zero-order valence-electron chi connectivity index (χ0n) is 28.5. The van der Waals surface area contributed by atoms with Gasteiger partial charge in [0.05, 0.1) is 21.6 Å². The van der Waals surface area contributed by atoms with Crippen molar-refractivity contribution in [1.29, 1.82) is 0 Å². The molecule has 0 saturated carbocycles. The summed E-state index contributed by atoms with van der Waals surface area (Å²) in [5.41, 5.74) is 15.6. The first-order chi connectivity index (χ1) is 26.2. The fourth-order valence-electron chi connectivity index (χ4n) is 7.97. The second kappa shape index (κ2) is 11.9. The van der Waals surface area contributed by atoms with Gasteiger partial charge in [-0.2, -0.15) is 0 Å². The topological polar surface area (TPSA) is 38.7 Å². The molecule has 10 aromatic rings. The van der Waals surface area contributed by atoms with E-state index in [0.717, 1.165) is 55.8 Å². The van der Waals surface area contributed by atoms with Gasteiger partial charge in [0.2, 0.25) is 0 Å². The number of thiophene rings is 1. The summed E-state index contributed by atoms with van der Waals surface area (Å²) in [5.74, 6) is 0.688. The molecule has 0 fully saturated rings. The molecule has 0 amide bonds. The van der Waals surface area contributed by atoms with E-state index in [4.69, 9.17) is 15.0 Å². The second-order valence-electron chi connectivity index (χ2n) is 13.6. The Balaban J connectivity index is 1.16. The Bertz CT molecular complexity index is 2990. The number of pyridine rings is 1. The van der Waals surface area contributed by atoms with Crippen molar-refractivity contribution in [3.8, 4) is 78.4 Å². The van der Waals surface area contributed by atoms with Gasteiger partial charge >= 0.3 is 0 Å². The first-order valence-corrected chi connectivity index (χ1v) is 18.7. The number of hydrogen-bond donors (Lipinski definition) is 0. The van der Waals surface area contributed by atoms with E-state index in [2.05, 4.69) is 158 Å². The van der Waals surface area contributed by atoms with Crippen LogP contribution in [0.25, 0.3) is 109 Å². The highest BCUT2D eigenvalue weighted by Crippen LogP contribution is 2.49. The molecule has 53 heavy (non-hydrogen) atoms. The van der Waals surface area contributed by atoms with Crippen molar-refractivity contribution >= 4 is 42.4 Å². The van der Waals surface area contributed by atoms with Crippen LogP contribution in [0.1, 0.15) is 0 Å². The molecule has 246 valence electrons. The lowest BCUT2D eigenvalue weighted by Gasteiger charge is -2.14. The molecule has 3 heterocycles. The van der Waals surface area contributed by atoms with E-state index in [-0.39, 0.29) is 0 Å². The molecule has 0 N–H and O–H groups in total. The van der Waals surface area contributed by atoms with Gasteiger partial charge in [-0.3, -0.25) is 4.98 Å². The minimum atomic E-state index is 0.688. The van der Waals surface area contributed by atoms with Gasteiger partial charge in [0.1, 0.15) is 0 Å². The van der Waals surface area contributed by atoms with Crippen molar-refractivity contribution in [2.75, 3.05) is 0 Å². The summed E-state index contributed by atoms with van der Waals surface area (Å²) in [5, 5.41) is 3.79. The summed E-state index contributed by atoms with van der Waals surface area (Å²) in [7, 11) is 0. The predicted molar refractivity (Wildman–Crippen MR) is 222 cm³/mol. The van der Waals surface area contributed by atoms with Gasteiger partial charge in [0, 0.05) is 38.5 Å². The largest absolute Gasteiger partial charge is 0.255 e. The molecule has 0 bridgehead atoms. The smallest absolute Gasteiger partial charge is 0.160 e. The highest BCUT2D eigenvalue weighted by Gasteiger charge is 2.22. The Kier molecular flexibility index (Phi) is 6.73. The standard InChI is InChI=1S/C49H29N3S/c1-3-11-30(12-4-1)43-29-44(31-13-5-2-6-14-31)52-49(51-43)36-26-34(25-35(27-36)37-23-24-50-47-41-17-7-8-20-45(41)53-48(37)47)33-21-22-38-39-18-9-15-32-16-10-19-40(46(32)39)42(38)28-33/h1-29H. The first-order valence-electron chi connectivity index (χ1n) is 17.8. The van der Waals surface area contributed by atoms with Crippen LogP contribution in [0.5, 0.6) is 0 Å². The molecule has 0 aliphatic heterocycles. The monoisotopic (exact) mass is 691 g/mol. The van der Waals surface area contributed by atoms with Gasteiger partial charge in [-0.1, -0.05) is 127 Å². The van der Waals surface area contributed by atoms with Crippen LogP contribution in [-0.4, -0.2) is 15.0 Å². The maximum absolute atomic E-state index is 5.26. The maximum Gasteiger partial charge on any atom is 0.160 e. The van der Waals surface area contributed by atoms with Crippen molar-refractivity contribution in [2.24, 2.45) is 0 Å². The summed E-state index contributed by atoms with van der Waals surface area (Å²) >= 11 is 1.80. The van der Waals surface area contributed by atoms with Crippen molar-refractivity contribution in [2.45, 2.75) is 0 Å². The van der Waals surface area contributed by atoms with Gasteiger partial charge in [-0.25, -0.2) is 9.97 Å². The van der Waals surface area contributed by atoms with E-state index >= 15 is 0 Å². The average Bonchev–Trinajstić information content (AvgIpc) is 3.78. The lowest BCUT2D eigenvalue weighted by molar-refractivity contribution is 1.18. The van der Waals surface area contributed by atoms with E-state index in [1.165, 1.54) is 47.8 Å². The Morgan fingerprint density at radius 3 is 1.81 bits per heavy atom. The van der Waals surface area contributed by atoms with E-state index in [1.807, 2.05) is 18.3 Å². The van der Waals surface area contributed by atoms with Crippen LogP contribution in [0.2, 0.25) is 0 Å². The molecule has 3 aromatic heterocycles. The second-order valence-corrected chi connectivity index (χ2v) is 14.6. The number of aromatic nitrogens is 3. The fourth-order valence-corrected chi connectivity index (χ4v) is 9.17. The predicted octanol–water partition coefficient (Wildman–Crippen LogP) is 13.4. The molecular weight excluding hydrogens is 663 g/mol. The number of fused-ring (bicyclic) bond motifs is 6. The molecule has 0 saturated heterocycles. The number of benzene rings is 7. The zero-order valence-corrected chi connectivity index (χ0v) is 29.3. The molecule has 7 aromatic carbocycles. The third-order valence-corrected chi connectivity index (χ3v) is 11.7. The van der Waals surface area contributed by atoms with Crippen LogP contribution in [0.3, 0.4) is 0 Å². The van der Waals surface area contributed by atoms with Crippen LogP contribution in [0.4, 0.5) is 0 Å². The van der Waals surface area contributed by atoms with Crippen molar-refractivity contribution in [3.05, 3.63) is 176 Å². The number of nitrogens with zero attached hydrogens (tertiary/aromatic N) is 3. The summed E-state index contributed by atoms with van der Waals surface area (Å²) < 4.78 is 2.41. The third kappa shape index (κ3) is 4.91. The molecule has 0 atom stereocenters. The van der Waals surface area contributed by atoms with Gasteiger partial charge in [-0.05, 0) is 92.2 Å². The van der Waals surface area contributed by atoms with Gasteiger partial charge in [-0.15, -0.1) is 11.3 Å². The van der Waals surface area contributed by atoms with Crippen LogP contribution in [0.15, 0.2) is 176 Å². The van der Waals surface area contributed by atoms with Crippen molar-refractivity contribution < 1.29 is 0 Å². The lowest BCUT2D eigenvalue weighted by atomic mass is 9.93. The van der Waals surface area contributed by atoms with Crippen LogP contribution in [0, 0.1) is 0 Å². The van der Waals surface area contributed by atoms with Gasteiger partial charge in [0.25, 0.3) is 0 Å². The Hall–Kier alpha value is -6.75. The molecule has 1 aliphatic rings.